The van der Waals surface area contributed by atoms with Gasteiger partial charge >= 0.3 is 6.18 Å². The molecule has 0 saturated carbocycles. The minimum atomic E-state index is -4.82. The molecule has 0 aliphatic rings. The van der Waals surface area contributed by atoms with Crippen molar-refractivity contribution in [3.05, 3.63) is 33.6 Å². The van der Waals surface area contributed by atoms with E-state index in [1.165, 1.54) is 0 Å². The van der Waals surface area contributed by atoms with Crippen molar-refractivity contribution in [2.24, 2.45) is 0 Å². The quantitative estimate of drug-likeness (QED) is 0.433. The SMILES string of the molecule is O=Cc1cc([N+](=O)[O-])cc(C(F)(F)F)n1. The van der Waals surface area contributed by atoms with Crippen LogP contribution in [-0.4, -0.2) is 16.2 Å². The zero-order valence-corrected chi connectivity index (χ0v) is 6.99. The molecule has 0 N–H and O–H groups in total. The summed E-state index contributed by atoms with van der Waals surface area (Å²) < 4.78 is 36.4. The number of hydrogen-bond acceptors (Lipinski definition) is 4. The molecule has 15 heavy (non-hydrogen) atoms. The van der Waals surface area contributed by atoms with Crippen LogP contribution in [0.5, 0.6) is 0 Å². The summed E-state index contributed by atoms with van der Waals surface area (Å²) >= 11 is 0. The lowest BCUT2D eigenvalue weighted by molar-refractivity contribution is -0.385. The first-order valence-corrected chi connectivity index (χ1v) is 3.53. The second-order valence-electron chi connectivity index (χ2n) is 2.51. The predicted octanol–water partition coefficient (Wildman–Crippen LogP) is 1.82. The van der Waals surface area contributed by atoms with Crippen LogP contribution in [0.25, 0.3) is 0 Å². The van der Waals surface area contributed by atoms with Crippen LogP contribution in [0.2, 0.25) is 0 Å². The number of carbonyl (C=O) groups is 1. The van der Waals surface area contributed by atoms with E-state index in [4.69, 9.17) is 0 Å². The monoisotopic (exact) mass is 220 g/mol. The summed E-state index contributed by atoms with van der Waals surface area (Å²) in [5, 5.41) is 10.2. The highest BCUT2D eigenvalue weighted by Crippen LogP contribution is 2.29. The van der Waals surface area contributed by atoms with Gasteiger partial charge in [-0.05, 0) is 0 Å². The zero-order chi connectivity index (χ0) is 11.6. The van der Waals surface area contributed by atoms with Gasteiger partial charge in [-0.1, -0.05) is 0 Å². The van der Waals surface area contributed by atoms with Gasteiger partial charge < -0.3 is 0 Å². The molecule has 80 valence electrons. The van der Waals surface area contributed by atoms with Crippen molar-refractivity contribution in [1.29, 1.82) is 0 Å². The minimum absolute atomic E-state index is 0.0161. The third kappa shape index (κ3) is 2.48. The molecule has 1 aromatic rings. The van der Waals surface area contributed by atoms with E-state index >= 15 is 0 Å². The molecule has 0 spiro atoms. The first-order valence-electron chi connectivity index (χ1n) is 3.53. The van der Waals surface area contributed by atoms with Gasteiger partial charge in [0, 0.05) is 12.1 Å². The molecule has 0 atom stereocenters. The Morgan fingerprint density at radius 3 is 2.40 bits per heavy atom. The minimum Gasteiger partial charge on any atom is -0.296 e. The summed E-state index contributed by atoms with van der Waals surface area (Å²) in [6.45, 7) is 0. The second kappa shape index (κ2) is 3.64. The third-order valence-corrected chi connectivity index (χ3v) is 1.45. The van der Waals surface area contributed by atoms with Gasteiger partial charge in [0.1, 0.15) is 5.69 Å². The van der Waals surface area contributed by atoms with Crippen LogP contribution in [-0.2, 0) is 6.18 Å². The van der Waals surface area contributed by atoms with Crippen molar-refractivity contribution >= 4 is 12.0 Å². The van der Waals surface area contributed by atoms with E-state index in [1.807, 2.05) is 0 Å². The van der Waals surface area contributed by atoms with Gasteiger partial charge in [0.25, 0.3) is 5.69 Å². The predicted molar refractivity (Wildman–Crippen MR) is 41.3 cm³/mol. The highest BCUT2D eigenvalue weighted by atomic mass is 19.4. The van der Waals surface area contributed by atoms with Gasteiger partial charge in [-0.25, -0.2) is 4.98 Å². The van der Waals surface area contributed by atoms with E-state index in [2.05, 4.69) is 4.98 Å². The number of nitro groups is 1. The van der Waals surface area contributed by atoms with Crippen molar-refractivity contribution in [3.63, 3.8) is 0 Å². The lowest BCUT2D eigenvalue weighted by Gasteiger charge is -2.05. The molecule has 0 radical (unpaired) electrons. The highest BCUT2D eigenvalue weighted by molar-refractivity contribution is 5.73. The molecule has 8 heteroatoms. The number of halogens is 3. The Bertz CT molecular complexity index is 416. The van der Waals surface area contributed by atoms with Gasteiger partial charge in [-0.15, -0.1) is 0 Å². The zero-order valence-electron chi connectivity index (χ0n) is 6.99. The first kappa shape index (κ1) is 11.1. The molecule has 0 aromatic carbocycles. The third-order valence-electron chi connectivity index (χ3n) is 1.45. The molecule has 0 saturated heterocycles. The highest BCUT2D eigenvalue weighted by Gasteiger charge is 2.34. The van der Waals surface area contributed by atoms with Crippen LogP contribution >= 0.6 is 0 Å². The molecule has 0 fully saturated rings. The van der Waals surface area contributed by atoms with Crippen molar-refractivity contribution < 1.29 is 22.9 Å². The summed E-state index contributed by atoms with van der Waals surface area (Å²) in [5.74, 6) is 0. The fraction of sp³-hybridized carbons (Fsp3) is 0.143. The molecular weight excluding hydrogens is 217 g/mol. The largest absolute Gasteiger partial charge is 0.433 e. The molecule has 0 amide bonds. The summed E-state index contributed by atoms with van der Waals surface area (Å²) in [7, 11) is 0. The summed E-state index contributed by atoms with van der Waals surface area (Å²) in [4.78, 5) is 22.3. The number of hydrogen-bond donors (Lipinski definition) is 0. The Morgan fingerprint density at radius 1 is 1.40 bits per heavy atom. The number of rotatable bonds is 2. The Kier molecular flexibility index (Phi) is 2.69. The maximum Gasteiger partial charge on any atom is 0.433 e. The van der Waals surface area contributed by atoms with Crippen molar-refractivity contribution in [2.75, 3.05) is 0 Å². The molecule has 5 nitrogen and oxygen atoms in total. The summed E-state index contributed by atoms with van der Waals surface area (Å²) in [6, 6.07) is 0.940. The van der Waals surface area contributed by atoms with Gasteiger partial charge in [-0.2, -0.15) is 13.2 Å². The molecule has 0 unspecified atom stereocenters. The van der Waals surface area contributed by atoms with Gasteiger partial charge in [0.05, 0.1) is 4.92 Å². The lowest BCUT2D eigenvalue weighted by Crippen LogP contribution is -2.10. The summed E-state index contributed by atoms with van der Waals surface area (Å²) in [6.07, 6.45) is -4.80. The molecule has 1 heterocycles. The fourth-order valence-electron chi connectivity index (χ4n) is 0.848. The maximum absolute atomic E-state index is 12.1. The fourth-order valence-corrected chi connectivity index (χ4v) is 0.848. The van der Waals surface area contributed by atoms with E-state index in [1.54, 1.807) is 0 Å². The number of pyridine rings is 1. The van der Waals surface area contributed by atoms with Gasteiger partial charge in [0.2, 0.25) is 0 Å². The van der Waals surface area contributed by atoms with E-state index < -0.39 is 28.2 Å². The maximum atomic E-state index is 12.1. The Morgan fingerprint density at radius 2 is 2.00 bits per heavy atom. The topological polar surface area (TPSA) is 73.1 Å². The second-order valence-corrected chi connectivity index (χ2v) is 2.51. The van der Waals surface area contributed by atoms with E-state index in [0.29, 0.717) is 6.07 Å². The Labute approximate surface area is 80.7 Å². The molecule has 0 bridgehead atoms. The van der Waals surface area contributed by atoms with Crippen LogP contribution in [0.4, 0.5) is 18.9 Å². The first-order chi connectivity index (χ1) is 6.84. The van der Waals surface area contributed by atoms with Crippen LogP contribution in [0.15, 0.2) is 12.1 Å². The normalized spacial score (nSPS) is 11.1. The van der Waals surface area contributed by atoms with E-state index in [9.17, 15) is 28.1 Å². The molecule has 0 aliphatic carbocycles. The number of alkyl halides is 3. The Hall–Kier alpha value is -1.99. The molecular formula is C7H3F3N2O3. The smallest absolute Gasteiger partial charge is 0.296 e. The van der Waals surface area contributed by atoms with Crippen LogP contribution in [0.1, 0.15) is 16.2 Å². The van der Waals surface area contributed by atoms with Crippen LogP contribution < -0.4 is 0 Å². The Balaban J connectivity index is 3.36. The number of carbonyl (C=O) groups excluding carboxylic acids is 1. The van der Waals surface area contributed by atoms with Crippen LogP contribution in [0.3, 0.4) is 0 Å². The van der Waals surface area contributed by atoms with Crippen molar-refractivity contribution in [2.45, 2.75) is 6.18 Å². The summed E-state index contributed by atoms with van der Waals surface area (Å²) in [5.41, 5.74) is -2.91. The molecule has 1 aromatic heterocycles. The average molecular weight is 220 g/mol. The van der Waals surface area contributed by atoms with Gasteiger partial charge in [-0.3, -0.25) is 14.9 Å². The van der Waals surface area contributed by atoms with Crippen molar-refractivity contribution in [1.82, 2.24) is 4.98 Å². The van der Waals surface area contributed by atoms with Crippen molar-refractivity contribution in [3.8, 4) is 0 Å². The molecule has 0 aliphatic heterocycles. The molecule has 1 rings (SSSR count). The van der Waals surface area contributed by atoms with Gasteiger partial charge in [0.15, 0.2) is 12.0 Å². The van der Waals surface area contributed by atoms with E-state index in [0.717, 1.165) is 0 Å². The van der Waals surface area contributed by atoms with Crippen LogP contribution in [0, 0.1) is 10.1 Å². The number of nitrogens with zero attached hydrogens (tertiary/aromatic N) is 2. The number of aldehydes is 1. The standard InChI is InChI=1S/C7H3F3N2O3/c8-7(9,10)6-2-5(12(14)15)1-4(3-13)11-6/h1-3H. The van der Waals surface area contributed by atoms with E-state index in [-0.39, 0.29) is 12.4 Å². The number of aromatic nitrogens is 1. The average Bonchev–Trinajstić information content (AvgIpc) is 2.15. The lowest BCUT2D eigenvalue weighted by atomic mass is 10.2.